The quantitative estimate of drug-likeness (QED) is 0.732. The van der Waals surface area contributed by atoms with Crippen molar-refractivity contribution < 1.29 is 14.3 Å². The van der Waals surface area contributed by atoms with Gasteiger partial charge in [0.1, 0.15) is 11.5 Å². The van der Waals surface area contributed by atoms with Gasteiger partial charge in [0, 0.05) is 5.56 Å². The number of carbonyl (C=O) groups excluding carboxylic acids is 1. The number of hydrogen-bond acceptors (Lipinski definition) is 3. The van der Waals surface area contributed by atoms with E-state index in [4.69, 9.17) is 9.47 Å². The first-order valence-corrected chi connectivity index (χ1v) is 8.32. The normalized spacial score (nSPS) is 14.9. The zero-order valence-corrected chi connectivity index (χ0v) is 14.6. The van der Waals surface area contributed by atoms with E-state index in [9.17, 15) is 4.79 Å². The third-order valence-corrected chi connectivity index (χ3v) is 4.24. The molecule has 1 aliphatic heterocycles. The number of benzene rings is 2. The van der Waals surface area contributed by atoms with Gasteiger partial charge < -0.3 is 9.47 Å². The lowest BCUT2D eigenvalue weighted by Crippen LogP contribution is -1.98. The summed E-state index contributed by atoms with van der Waals surface area (Å²) in [5.74, 6) is 2.13. The Morgan fingerprint density at radius 2 is 1.83 bits per heavy atom. The monoisotopic (exact) mass is 322 g/mol. The zero-order valence-electron chi connectivity index (χ0n) is 14.6. The van der Waals surface area contributed by atoms with Crippen LogP contribution < -0.4 is 9.47 Å². The standard InChI is InChI=1S/C21H22O3/c1-5-23-18-11-10-17-20(22)19(24-21(17)14(18)4)12-15-6-8-16(9-7-15)13(2)3/h6-13H,5H2,1-4H3/b19-12-. The topological polar surface area (TPSA) is 35.5 Å². The lowest BCUT2D eigenvalue weighted by Gasteiger charge is -2.09. The second-order valence-electron chi connectivity index (χ2n) is 6.26. The van der Waals surface area contributed by atoms with Crippen LogP contribution in [0.5, 0.6) is 11.5 Å². The minimum Gasteiger partial charge on any atom is -0.493 e. The first-order valence-electron chi connectivity index (χ1n) is 8.32. The summed E-state index contributed by atoms with van der Waals surface area (Å²) in [5.41, 5.74) is 3.69. The van der Waals surface area contributed by atoms with E-state index in [1.807, 2.05) is 32.0 Å². The Morgan fingerprint density at radius 3 is 2.46 bits per heavy atom. The predicted molar refractivity (Wildman–Crippen MR) is 95.8 cm³/mol. The molecule has 2 aromatic rings. The summed E-state index contributed by atoms with van der Waals surface area (Å²) < 4.78 is 11.4. The van der Waals surface area contributed by atoms with E-state index in [1.54, 1.807) is 12.1 Å². The number of allylic oxidation sites excluding steroid dienone is 1. The molecule has 24 heavy (non-hydrogen) atoms. The zero-order chi connectivity index (χ0) is 17.3. The average Bonchev–Trinajstić information content (AvgIpc) is 2.88. The highest BCUT2D eigenvalue weighted by Crippen LogP contribution is 2.39. The Bertz CT molecular complexity index is 799. The van der Waals surface area contributed by atoms with Crippen molar-refractivity contribution in [3.05, 3.63) is 64.4 Å². The summed E-state index contributed by atoms with van der Waals surface area (Å²) in [5, 5.41) is 0. The molecule has 3 heteroatoms. The third-order valence-electron chi connectivity index (χ3n) is 4.24. The first kappa shape index (κ1) is 16.3. The van der Waals surface area contributed by atoms with Crippen molar-refractivity contribution >= 4 is 11.9 Å². The molecule has 1 aliphatic rings. The highest BCUT2D eigenvalue weighted by Gasteiger charge is 2.30. The Labute approximate surface area is 142 Å². The number of Topliss-reactive ketones (excluding diaryl/α,β-unsaturated/α-hetero) is 1. The van der Waals surface area contributed by atoms with Gasteiger partial charge in [-0.2, -0.15) is 0 Å². The maximum Gasteiger partial charge on any atom is 0.231 e. The molecule has 0 bridgehead atoms. The molecular weight excluding hydrogens is 300 g/mol. The summed E-state index contributed by atoms with van der Waals surface area (Å²) >= 11 is 0. The lowest BCUT2D eigenvalue weighted by atomic mass is 10.0. The van der Waals surface area contributed by atoms with Crippen LogP contribution in [-0.2, 0) is 0 Å². The van der Waals surface area contributed by atoms with E-state index in [0.717, 1.165) is 16.9 Å². The van der Waals surface area contributed by atoms with Crippen molar-refractivity contribution in [3.8, 4) is 11.5 Å². The van der Waals surface area contributed by atoms with Crippen LogP contribution in [0.4, 0.5) is 0 Å². The van der Waals surface area contributed by atoms with Gasteiger partial charge in [-0.15, -0.1) is 0 Å². The van der Waals surface area contributed by atoms with E-state index in [-0.39, 0.29) is 5.78 Å². The molecule has 2 aromatic carbocycles. The first-order chi connectivity index (χ1) is 11.5. The minimum atomic E-state index is -0.0796. The molecule has 1 heterocycles. The summed E-state index contributed by atoms with van der Waals surface area (Å²) in [6.45, 7) is 8.75. The second kappa shape index (κ2) is 6.52. The molecule has 0 spiro atoms. The fraction of sp³-hybridized carbons (Fsp3) is 0.286. The molecule has 0 saturated carbocycles. The Kier molecular flexibility index (Phi) is 4.43. The van der Waals surface area contributed by atoms with Crippen LogP contribution in [0.3, 0.4) is 0 Å². The largest absolute Gasteiger partial charge is 0.493 e. The van der Waals surface area contributed by atoms with Crippen LogP contribution >= 0.6 is 0 Å². The molecule has 124 valence electrons. The smallest absolute Gasteiger partial charge is 0.231 e. The number of fused-ring (bicyclic) bond motifs is 1. The number of ketones is 1. The fourth-order valence-electron chi connectivity index (χ4n) is 2.81. The van der Waals surface area contributed by atoms with Crippen LogP contribution in [0, 0.1) is 6.92 Å². The molecule has 0 saturated heterocycles. The molecule has 0 radical (unpaired) electrons. The number of rotatable bonds is 4. The molecule has 0 aromatic heterocycles. The average molecular weight is 322 g/mol. The van der Waals surface area contributed by atoms with Gasteiger partial charge in [-0.1, -0.05) is 38.1 Å². The Balaban J connectivity index is 1.91. The van der Waals surface area contributed by atoms with E-state index >= 15 is 0 Å². The van der Waals surface area contributed by atoms with Crippen molar-refractivity contribution in [2.24, 2.45) is 0 Å². The third kappa shape index (κ3) is 2.94. The maximum atomic E-state index is 12.6. The van der Waals surface area contributed by atoms with Gasteiger partial charge in [-0.05, 0) is 49.1 Å². The van der Waals surface area contributed by atoms with Crippen LogP contribution in [0.25, 0.3) is 6.08 Å². The van der Waals surface area contributed by atoms with Gasteiger partial charge in [0.2, 0.25) is 5.78 Å². The Hall–Kier alpha value is -2.55. The van der Waals surface area contributed by atoms with Crippen molar-refractivity contribution in [1.29, 1.82) is 0 Å². The van der Waals surface area contributed by atoms with Gasteiger partial charge in [0.05, 0.1) is 12.2 Å². The van der Waals surface area contributed by atoms with Crippen LogP contribution in [0.1, 0.15) is 53.7 Å². The fourth-order valence-corrected chi connectivity index (χ4v) is 2.81. The highest BCUT2D eigenvalue weighted by molar-refractivity contribution is 6.14. The van der Waals surface area contributed by atoms with Gasteiger partial charge in [-0.25, -0.2) is 0 Å². The molecule has 0 fully saturated rings. The molecule has 0 aliphatic carbocycles. The number of hydrogen-bond donors (Lipinski definition) is 0. The van der Waals surface area contributed by atoms with E-state index in [1.165, 1.54) is 5.56 Å². The molecule has 0 N–H and O–H groups in total. The summed E-state index contributed by atoms with van der Waals surface area (Å²) in [6.07, 6.45) is 1.80. The van der Waals surface area contributed by atoms with Gasteiger partial charge >= 0.3 is 0 Å². The molecule has 3 rings (SSSR count). The van der Waals surface area contributed by atoms with Crippen LogP contribution in [-0.4, -0.2) is 12.4 Å². The van der Waals surface area contributed by atoms with E-state index in [2.05, 4.69) is 26.0 Å². The van der Waals surface area contributed by atoms with E-state index < -0.39 is 0 Å². The summed E-state index contributed by atoms with van der Waals surface area (Å²) in [7, 11) is 0. The molecule has 0 unspecified atom stereocenters. The number of carbonyl (C=O) groups is 1. The minimum absolute atomic E-state index is 0.0796. The van der Waals surface area contributed by atoms with Gasteiger partial charge in [0.15, 0.2) is 5.76 Å². The van der Waals surface area contributed by atoms with E-state index in [0.29, 0.717) is 29.6 Å². The number of ether oxygens (including phenoxy) is 2. The molecule has 0 atom stereocenters. The molecular formula is C21H22O3. The Morgan fingerprint density at radius 1 is 1.12 bits per heavy atom. The molecule has 3 nitrogen and oxygen atoms in total. The lowest BCUT2D eigenvalue weighted by molar-refractivity contribution is 0.101. The molecule has 0 amide bonds. The highest BCUT2D eigenvalue weighted by atomic mass is 16.5. The van der Waals surface area contributed by atoms with Gasteiger partial charge in [0.25, 0.3) is 0 Å². The maximum absolute atomic E-state index is 12.6. The van der Waals surface area contributed by atoms with Crippen molar-refractivity contribution in [3.63, 3.8) is 0 Å². The van der Waals surface area contributed by atoms with Gasteiger partial charge in [-0.3, -0.25) is 4.79 Å². The second-order valence-corrected chi connectivity index (χ2v) is 6.26. The summed E-state index contributed by atoms with van der Waals surface area (Å²) in [4.78, 5) is 12.6. The van der Waals surface area contributed by atoms with Crippen molar-refractivity contribution in [2.45, 2.75) is 33.6 Å². The summed E-state index contributed by atoms with van der Waals surface area (Å²) in [6, 6.07) is 11.8. The van der Waals surface area contributed by atoms with Crippen LogP contribution in [0.15, 0.2) is 42.2 Å². The van der Waals surface area contributed by atoms with Crippen LogP contribution in [0.2, 0.25) is 0 Å². The van der Waals surface area contributed by atoms with Crippen molar-refractivity contribution in [1.82, 2.24) is 0 Å². The SMILES string of the molecule is CCOc1ccc2c(c1C)O/C(=C\c1ccc(C(C)C)cc1)C2=O. The predicted octanol–water partition coefficient (Wildman–Crippen LogP) is 5.13. The van der Waals surface area contributed by atoms with Crippen molar-refractivity contribution in [2.75, 3.05) is 6.61 Å².